The Balaban J connectivity index is 1.71. The van der Waals surface area contributed by atoms with Crippen molar-refractivity contribution in [1.29, 1.82) is 5.26 Å². The number of hydrogen-bond donors (Lipinski definition) is 0. The molecule has 0 spiro atoms. The minimum Gasteiger partial charge on any atom is -0.446 e. The lowest BCUT2D eigenvalue weighted by Gasteiger charge is -2.20. The Morgan fingerprint density at radius 3 is 2.11 bits per heavy atom. The molecule has 0 saturated heterocycles. The number of aromatic nitrogens is 1. The van der Waals surface area contributed by atoms with Crippen molar-refractivity contribution in [2.75, 3.05) is 6.61 Å². The van der Waals surface area contributed by atoms with E-state index in [9.17, 15) is 18.0 Å². The highest BCUT2D eigenvalue weighted by Gasteiger charge is 2.33. The summed E-state index contributed by atoms with van der Waals surface area (Å²) in [6.45, 7) is -0.362. The Labute approximate surface area is 200 Å². The van der Waals surface area contributed by atoms with Gasteiger partial charge >= 0.3 is 12.1 Å². The van der Waals surface area contributed by atoms with Crippen LogP contribution in [0.1, 0.15) is 38.7 Å². The fourth-order valence-corrected chi connectivity index (χ4v) is 3.93. The second-order valence-corrected chi connectivity index (χ2v) is 7.72. The molecule has 0 N–H and O–H groups in total. The van der Waals surface area contributed by atoms with Crippen LogP contribution in [0.3, 0.4) is 0 Å². The van der Waals surface area contributed by atoms with Crippen molar-refractivity contribution in [3.05, 3.63) is 125 Å². The molecular formula is C28H19F3N2O2. The summed E-state index contributed by atoms with van der Waals surface area (Å²) in [5.74, 6) is -0.957. The molecule has 1 aromatic heterocycles. The van der Waals surface area contributed by atoms with Gasteiger partial charge in [-0.15, -0.1) is 0 Å². The lowest BCUT2D eigenvalue weighted by Crippen LogP contribution is -2.09. The second kappa shape index (κ2) is 10.2. The molecule has 0 aliphatic carbocycles. The number of nitrogens with zero attached hydrogens (tertiary/aromatic N) is 2. The molecule has 4 rings (SSSR count). The molecule has 1 atom stereocenters. The van der Waals surface area contributed by atoms with Crippen LogP contribution >= 0.6 is 0 Å². The number of carbonyl (C=O) groups excluding carboxylic acids is 1. The van der Waals surface area contributed by atoms with Crippen molar-refractivity contribution >= 4 is 5.97 Å². The molecule has 4 nitrogen and oxygen atoms in total. The Bertz CT molecular complexity index is 1340. The lowest BCUT2D eigenvalue weighted by molar-refractivity contribution is -0.137. The van der Waals surface area contributed by atoms with Crippen LogP contribution in [0.4, 0.5) is 13.2 Å². The third kappa shape index (κ3) is 5.39. The van der Waals surface area contributed by atoms with Crippen LogP contribution in [0.2, 0.25) is 0 Å². The predicted octanol–water partition coefficient (Wildman–Crippen LogP) is 6.63. The fraction of sp³-hybridized carbons (Fsp3) is 0.107. The standard InChI is InChI=1S/C28H19F3N2O2/c29-28(30,31)24-9-5-4-8-23(24)19-10-12-21(13-11-19)26(20-6-2-1-3-7-20)22-14-15-25(33-18-22)27(34)35-17-16-32/h1-15,18,26H,17H2. The number of nitriles is 1. The van der Waals surface area contributed by atoms with Gasteiger partial charge in [0.15, 0.2) is 6.61 Å². The summed E-state index contributed by atoms with van der Waals surface area (Å²) in [6, 6.07) is 27.1. The van der Waals surface area contributed by atoms with E-state index < -0.39 is 17.7 Å². The molecule has 7 heteroatoms. The summed E-state index contributed by atoms with van der Waals surface area (Å²) in [7, 11) is 0. The van der Waals surface area contributed by atoms with Gasteiger partial charge in [-0.05, 0) is 39.9 Å². The SMILES string of the molecule is N#CCOC(=O)c1ccc(C(c2ccccc2)c2ccc(-c3ccccc3C(F)(F)F)cc2)cn1. The van der Waals surface area contributed by atoms with E-state index in [1.807, 2.05) is 30.3 Å². The summed E-state index contributed by atoms with van der Waals surface area (Å²) in [5, 5.41) is 8.57. The van der Waals surface area contributed by atoms with E-state index in [-0.39, 0.29) is 23.8 Å². The van der Waals surface area contributed by atoms with Crippen molar-refractivity contribution < 1.29 is 22.7 Å². The maximum Gasteiger partial charge on any atom is 0.417 e. The highest BCUT2D eigenvalue weighted by atomic mass is 19.4. The van der Waals surface area contributed by atoms with E-state index in [1.54, 1.807) is 48.7 Å². The average Bonchev–Trinajstić information content (AvgIpc) is 2.88. The number of carbonyl (C=O) groups is 1. The molecule has 174 valence electrons. The molecule has 1 heterocycles. The van der Waals surface area contributed by atoms with Crippen LogP contribution in [0.5, 0.6) is 0 Å². The Morgan fingerprint density at radius 2 is 1.49 bits per heavy atom. The number of rotatable bonds is 6. The molecular weight excluding hydrogens is 453 g/mol. The van der Waals surface area contributed by atoms with Gasteiger partial charge in [0, 0.05) is 12.1 Å². The van der Waals surface area contributed by atoms with Gasteiger partial charge in [-0.2, -0.15) is 18.4 Å². The van der Waals surface area contributed by atoms with Crippen LogP contribution in [-0.2, 0) is 10.9 Å². The van der Waals surface area contributed by atoms with Crippen molar-refractivity contribution in [3.63, 3.8) is 0 Å². The smallest absolute Gasteiger partial charge is 0.417 e. The van der Waals surface area contributed by atoms with Crippen LogP contribution in [-0.4, -0.2) is 17.6 Å². The normalized spacial score (nSPS) is 11.9. The second-order valence-electron chi connectivity index (χ2n) is 7.72. The first-order valence-electron chi connectivity index (χ1n) is 10.7. The summed E-state index contributed by atoms with van der Waals surface area (Å²) >= 11 is 0. The van der Waals surface area contributed by atoms with Crippen molar-refractivity contribution in [3.8, 4) is 17.2 Å². The molecule has 0 fully saturated rings. The zero-order valence-electron chi connectivity index (χ0n) is 18.4. The maximum atomic E-state index is 13.5. The highest BCUT2D eigenvalue weighted by Crippen LogP contribution is 2.38. The molecule has 35 heavy (non-hydrogen) atoms. The maximum absolute atomic E-state index is 13.5. The minimum absolute atomic E-state index is 0.0786. The number of esters is 1. The molecule has 1 unspecified atom stereocenters. The van der Waals surface area contributed by atoms with Gasteiger partial charge in [-0.3, -0.25) is 0 Å². The monoisotopic (exact) mass is 472 g/mol. The van der Waals surface area contributed by atoms with Crippen LogP contribution in [0.15, 0.2) is 97.2 Å². The molecule has 0 bridgehead atoms. The van der Waals surface area contributed by atoms with Gasteiger partial charge in [-0.1, -0.05) is 78.9 Å². The van der Waals surface area contributed by atoms with Gasteiger partial charge in [-0.25, -0.2) is 9.78 Å². The molecule has 0 saturated carbocycles. The predicted molar refractivity (Wildman–Crippen MR) is 124 cm³/mol. The van der Waals surface area contributed by atoms with Crippen molar-refractivity contribution in [2.24, 2.45) is 0 Å². The first-order valence-corrected chi connectivity index (χ1v) is 10.7. The zero-order chi connectivity index (χ0) is 24.8. The number of benzene rings is 3. The first-order chi connectivity index (χ1) is 16.9. The molecule has 0 aliphatic heterocycles. The zero-order valence-corrected chi connectivity index (χ0v) is 18.4. The van der Waals surface area contributed by atoms with E-state index in [0.717, 1.165) is 22.8 Å². The van der Waals surface area contributed by atoms with Crippen LogP contribution in [0.25, 0.3) is 11.1 Å². The van der Waals surface area contributed by atoms with Gasteiger partial charge in [0.2, 0.25) is 0 Å². The van der Waals surface area contributed by atoms with Crippen LogP contribution < -0.4 is 0 Å². The summed E-state index contributed by atoms with van der Waals surface area (Å²) in [4.78, 5) is 16.2. The quantitative estimate of drug-likeness (QED) is 0.296. The van der Waals surface area contributed by atoms with E-state index >= 15 is 0 Å². The number of hydrogen-bond acceptors (Lipinski definition) is 4. The van der Waals surface area contributed by atoms with Gasteiger partial charge in [0.05, 0.1) is 5.56 Å². The van der Waals surface area contributed by atoms with Gasteiger partial charge in [0.1, 0.15) is 11.8 Å². The highest BCUT2D eigenvalue weighted by molar-refractivity contribution is 5.87. The van der Waals surface area contributed by atoms with Crippen molar-refractivity contribution in [2.45, 2.75) is 12.1 Å². The topological polar surface area (TPSA) is 63.0 Å². The Hall–Kier alpha value is -4.44. The molecule has 0 aliphatic rings. The molecule has 4 aromatic rings. The van der Waals surface area contributed by atoms with Crippen molar-refractivity contribution in [1.82, 2.24) is 4.98 Å². The number of halogens is 3. The summed E-state index contributed by atoms with van der Waals surface area (Å²) in [5.41, 5.74) is 2.57. The Morgan fingerprint density at radius 1 is 0.857 bits per heavy atom. The first kappa shape index (κ1) is 23.7. The number of pyridine rings is 1. The third-order valence-electron chi connectivity index (χ3n) is 5.52. The van der Waals surface area contributed by atoms with E-state index in [4.69, 9.17) is 10.00 Å². The summed E-state index contributed by atoms with van der Waals surface area (Å²) in [6.07, 6.45) is -2.89. The van der Waals surface area contributed by atoms with Gasteiger partial charge < -0.3 is 4.74 Å². The summed E-state index contributed by atoms with van der Waals surface area (Å²) < 4.78 is 45.3. The third-order valence-corrected chi connectivity index (χ3v) is 5.52. The minimum atomic E-state index is -4.45. The van der Waals surface area contributed by atoms with E-state index in [0.29, 0.717) is 5.56 Å². The van der Waals surface area contributed by atoms with E-state index in [2.05, 4.69) is 4.98 Å². The largest absolute Gasteiger partial charge is 0.446 e. The lowest BCUT2D eigenvalue weighted by atomic mass is 9.85. The van der Waals surface area contributed by atoms with E-state index in [1.165, 1.54) is 18.2 Å². The Kier molecular flexibility index (Phi) is 6.93. The molecule has 0 radical (unpaired) electrons. The van der Waals surface area contributed by atoms with Gasteiger partial charge in [0.25, 0.3) is 0 Å². The number of ether oxygens (including phenoxy) is 1. The molecule has 3 aromatic carbocycles. The molecule has 0 amide bonds. The fourth-order valence-electron chi connectivity index (χ4n) is 3.93. The average molecular weight is 472 g/mol. The van der Waals surface area contributed by atoms with Crippen LogP contribution in [0, 0.1) is 11.3 Å². The number of alkyl halides is 3.